The van der Waals surface area contributed by atoms with Crippen molar-refractivity contribution >= 4 is 49.3 Å². The largest absolute Gasteiger partial charge is 0.262 e. The van der Waals surface area contributed by atoms with E-state index in [4.69, 9.17) is 11.6 Å². The Morgan fingerprint density at radius 2 is 2.11 bits per heavy atom. The Bertz CT molecular complexity index is 832. The van der Waals surface area contributed by atoms with Crippen LogP contribution in [0.1, 0.15) is 0 Å². The molecule has 4 aromatic heterocycles. The molecule has 88 valence electrons. The second kappa shape index (κ2) is 3.74. The first-order valence-electron chi connectivity index (χ1n) is 5.15. The van der Waals surface area contributed by atoms with Gasteiger partial charge in [0.25, 0.3) is 0 Å². The van der Waals surface area contributed by atoms with Gasteiger partial charge in [-0.3, -0.25) is 9.38 Å². The predicted octanol–water partition coefficient (Wildman–Crippen LogP) is 3.72. The fourth-order valence-electron chi connectivity index (χ4n) is 1.85. The van der Waals surface area contributed by atoms with Gasteiger partial charge in [-0.2, -0.15) is 0 Å². The molecule has 0 radical (unpaired) electrons. The van der Waals surface area contributed by atoms with Crippen LogP contribution >= 0.6 is 34.3 Å². The van der Waals surface area contributed by atoms with E-state index in [1.807, 2.05) is 4.40 Å². The fraction of sp³-hybridized carbons (Fsp3) is 0. The Morgan fingerprint density at radius 1 is 1.17 bits per heavy atom. The summed E-state index contributed by atoms with van der Waals surface area (Å²) in [5.41, 5.74) is 0.661. The van der Waals surface area contributed by atoms with E-state index >= 15 is 0 Å². The lowest BCUT2D eigenvalue weighted by atomic mass is 10.4. The lowest BCUT2D eigenvalue weighted by Gasteiger charge is -1.98. The van der Waals surface area contributed by atoms with Crippen LogP contribution in [0.3, 0.4) is 0 Å². The molecule has 0 spiro atoms. The van der Waals surface area contributed by atoms with E-state index in [0.29, 0.717) is 10.8 Å². The third kappa shape index (κ3) is 1.40. The minimum Gasteiger partial charge on any atom is -0.262 e. The molecular formula is C11H5ClN4S2. The van der Waals surface area contributed by atoms with E-state index in [-0.39, 0.29) is 0 Å². The van der Waals surface area contributed by atoms with Crippen LogP contribution in [0.5, 0.6) is 0 Å². The van der Waals surface area contributed by atoms with Crippen molar-refractivity contribution in [3.8, 4) is 10.7 Å². The smallest absolute Gasteiger partial charge is 0.180 e. The molecule has 4 heterocycles. The molecule has 7 heteroatoms. The molecule has 0 aromatic carbocycles. The second-order valence-corrected chi connectivity index (χ2v) is 6.13. The van der Waals surface area contributed by atoms with Gasteiger partial charge in [-0.25, -0.2) is 0 Å². The van der Waals surface area contributed by atoms with Gasteiger partial charge in [-0.1, -0.05) is 11.6 Å². The molecule has 4 rings (SSSR count). The number of rotatable bonds is 1. The van der Waals surface area contributed by atoms with E-state index in [9.17, 15) is 0 Å². The van der Waals surface area contributed by atoms with E-state index < -0.39 is 0 Å². The highest BCUT2D eigenvalue weighted by Gasteiger charge is 2.14. The molecule has 0 unspecified atom stereocenters. The van der Waals surface area contributed by atoms with Crippen molar-refractivity contribution in [2.75, 3.05) is 0 Å². The van der Waals surface area contributed by atoms with Gasteiger partial charge < -0.3 is 0 Å². The number of aromatic nitrogens is 4. The summed E-state index contributed by atoms with van der Waals surface area (Å²) in [6.07, 6.45) is 3.25. The standard InChI is InChI=1S/C11H5ClN4S2/c12-9-4-13-5-10-14-15-11(16(9)10)8-3-7-6(18-8)1-2-17-7/h1-5H. The molecule has 0 aliphatic carbocycles. The topological polar surface area (TPSA) is 43.1 Å². The highest BCUT2D eigenvalue weighted by molar-refractivity contribution is 7.28. The van der Waals surface area contributed by atoms with Crippen molar-refractivity contribution in [2.24, 2.45) is 0 Å². The van der Waals surface area contributed by atoms with Crippen molar-refractivity contribution in [3.63, 3.8) is 0 Å². The Morgan fingerprint density at radius 3 is 3.00 bits per heavy atom. The molecule has 18 heavy (non-hydrogen) atoms. The van der Waals surface area contributed by atoms with Crippen molar-refractivity contribution in [3.05, 3.63) is 35.1 Å². The molecule has 0 saturated heterocycles. The molecule has 0 saturated carbocycles. The highest BCUT2D eigenvalue weighted by Crippen LogP contribution is 2.36. The fourth-order valence-corrected chi connectivity index (χ4v) is 4.16. The summed E-state index contributed by atoms with van der Waals surface area (Å²) in [7, 11) is 0. The van der Waals surface area contributed by atoms with Crippen molar-refractivity contribution in [2.45, 2.75) is 0 Å². The first-order chi connectivity index (χ1) is 8.83. The molecule has 0 N–H and O–H groups in total. The zero-order chi connectivity index (χ0) is 12.1. The molecule has 0 fully saturated rings. The normalized spacial score (nSPS) is 11.6. The minimum absolute atomic E-state index is 0.518. The third-order valence-electron chi connectivity index (χ3n) is 2.63. The van der Waals surface area contributed by atoms with Gasteiger partial charge in [0.2, 0.25) is 0 Å². The Kier molecular flexibility index (Phi) is 2.17. The van der Waals surface area contributed by atoms with Gasteiger partial charge in [-0.05, 0) is 17.5 Å². The van der Waals surface area contributed by atoms with Crippen LogP contribution in [0.15, 0.2) is 29.9 Å². The first kappa shape index (κ1) is 10.4. The van der Waals surface area contributed by atoms with E-state index in [1.54, 1.807) is 35.1 Å². The first-order valence-corrected chi connectivity index (χ1v) is 7.22. The molecule has 0 bridgehead atoms. The molecule has 0 atom stereocenters. The van der Waals surface area contributed by atoms with E-state index in [0.717, 1.165) is 10.7 Å². The number of nitrogens with zero attached hydrogens (tertiary/aromatic N) is 4. The summed E-state index contributed by atoms with van der Waals surface area (Å²) in [6.45, 7) is 0. The van der Waals surface area contributed by atoms with Crippen LogP contribution in [-0.4, -0.2) is 19.6 Å². The maximum absolute atomic E-state index is 6.15. The second-order valence-electron chi connectivity index (χ2n) is 3.71. The summed E-state index contributed by atoms with van der Waals surface area (Å²) in [5, 5.41) is 10.9. The lowest BCUT2D eigenvalue weighted by molar-refractivity contribution is 1.12. The highest BCUT2D eigenvalue weighted by atomic mass is 35.5. The monoisotopic (exact) mass is 292 g/mol. The Balaban J connectivity index is 2.04. The average Bonchev–Trinajstić information content (AvgIpc) is 3.00. The molecule has 4 nitrogen and oxygen atoms in total. The molecule has 0 amide bonds. The lowest BCUT2D eigenvalue weighted by Crippen LogP contribution is -1.90. The summed E-state index contributed by atoms with van der Waals surface area (Å²) in [6, 6.07) is 4.23. The van der Waals surface area contributed by atoms with Crippen LogP contribution in [-0.2, 0) is 0 Å². The summed E-state index contributed by atoms with van der Waals surface area (Å²) in [4.78, 5) is 5.07. The summed E-state index contributed by atoms with van der Waals surface area (Å²) in [5.74, 6) is 0.769. The van der Waals surface area contributed by atoms with Crippen LogP contribution in [0.4, 0.5) is 0 Å². The zero-order valence-corrected chi connectivity index (χ0v) is 11.3. The Labute approximate surface area is 114 Å². The van der Waals surface area contributed by atoms with Gasteiger partial charge in [0.1, 0.15) is 5.15 Å². The Hall–Kier alpha value is -1.50. The van der Waals surface area contributed by atoms with Crippen molar-refractivity contribution in [1.82, 2.24) is 19.6 Å². The predicted molar refractivity (Wildman–Crippen MR) is 74.5 cm³/mol. The molecular weight excluding hydrogens is 288 g/mol. The molecule has 0 aliphatic rings. The van der Waals surface area contributed by atoms with Gasteiger partial charge >= 0.3 is 0 Å². The van der Waals surface area contributed by atoms with Gasteiger partial charge in [0, 0.05) is 9.40 Å². The van der Waals surface area contributed by atoms with Crippen molar-refractivity contribution in [1.29, 1.82) is 0 Å². The molecule has 0 aliphatic heterocycles. The number of halogens is 1. The van der Waals surface area contributed by atoms with Gasteiger partial charge in [0.05, 0.1) is 17.3 Å². The van der Waals surface area contributed by atoms with Crippen LogP contribution in [0.2, 0.25) is 5.15 Å². The van der Waals surface area contributed by atoms with Crippen LogP contribution in [0.25, 0.3) is 25.7 Å². The SMILES string of the molecule is Clc1cncc2nnc(-c3cc4sccc4s3)n12. The van der Waals surface area contributed by atoms with Crippen molar-refractivity contribution < 1.29 is 0 Å². The molecule has 4 aromatic rings. The van der Waals surface area contributed by atoms with E-state index in [1.165, 1.54) is 9.40 Å². The number of hydrogen-bond donors (Lipinski definition) is 0. The van der Waals surface area contributed by atoms with Crippen LogP contribution < -0.4 is 0 Å². The van der Waals surface area contributed by atoms with Gasteiger partial charge in [0.15, 0.2) is 11.5 Å². The van der Waals surface area contributed by atoms with Gasteiger partial charge in [-0.15, -0.1) is 32.9 Å². The summed E-state index contributed by atoms with van der Waals surface area (Å²) < 4.78 is 4.33. The quantitative estimate of drug-likeness (QED) is 0.537. The third-order valence-corrected chi connectivity index (χ3v) is 4.99. The number of fused-ring (bicyclic) bond motifs is 2. The number of hydrogen-bond acceptors (Lipinski definition) is 5. The number of thiophene rings is 2. The maximum Gasteiger partial charge on any atom is 0.180 e. The summed E-state index contributed by atoms with van der Waals surface area (Å²) >= 11 is 9.57. The zero-order valence-electron chi connectivity index (χ0n) is 8.87. The average molecular weight is 293 g/mol. The van der Waals surface area contributed by atoms with E-state index in [2.05, 4.69) is 32.7 Å². The minimum atomic E-state index is 0.518. The van der Waals surface area contributed by atoms with Crippen LogP contribution in [0, 0.1) is 0 Å². The maximum atomic E-state index is 6.15.